The Hall–Kier alpha value is -0.880. The van der Waals surface area contributed by atoms with Crippen LogP contribution in [0.2, 0.25) is 0 Å². The van der Waals surface area contributed by atoms with Gasteiger partial charge in [0.2, 0.25) is 0 Å². The van der Waals surface area contributed by atoms with Crippen molar-refractivity contribution in [3.63, 3.8) is 0 Å². The van der Waals surface area contributed by atoms with Crippen molar-refractivity contribution < 1.29 is 18.3 Å². The Morgan fingerprint density at radius 3 is 2.60 bits per heavy atom. The van der Waals surface area contributed by atoms with Crippen LogP contribution in [0.4, 0.5) is 0 Å². The molecule has 15 heavy (non-hydrogen) atoms. The first kappa shape index (κ1) is 12.2. The van der Waals surface area contributed by atoms with Gasteiger partial charge in [0.25, 0.3) is 0 Å². The standard InChI is InChI=1S/C9H12O4S2/c1-6(2)5-15(12,13)9-7(8(10)11)3-4-14-9/h3-4,6H,5H2,1-2H3,(H,10,11). The van der Waals surface area contributed by atoms with Gasteiger partial charge < -0.3 is 5.11 Å². The number of aromatic carboxylic acids is 1. The van der Waals surface area contributed by atoms with Crippen molar-refractivity contribution in [2.45, 2.75) is 18.1 Å². The van der Waals surface area contributed by atoms with Crippen LogP contribution in [0.15, 0.2) is 15.7 Å². The van der Waals surface area contributed by atoms with Gasteiger partial charge in [0, 0.05) is 0 Å². The van der Waals surface area contributed by atoms with E-state index in [4.69, 9.17) is 5.11 Å². The molecule has 84 valence electrons. The summed E-state index contributed by atoms with van der Waals surface area (Å²) in [6, 6.07) is 1.32. The largest absolute Gasteiger partial charge is 0.478 e. The second-order valence-electron chi connectivity index (χ2n) is 3.60. The molecule has 0 bridgehead atoms. The van der Waals surface area contributed by atoms with Crippen LogP contribution in [0.3, 0.4) is 0 Å². The lowest BCUT2D eigenvalue weighted by Gasteiger charge is -2.05. The van der Waals surface area contributed by atoms with E-state index in [-0.39, 0.29) is 21.4 Å². The third kappa shape index (κ3) is 2.79. The topological polar surface area (TPSA) is 71.4 Å². The minimum Gasteiger partial charge on any atom is -0.478 e. The van der Waals surface area contributed by atoms with E-state index in [1.54, 1.807) is 13.8 Å². The van der Waals surface area contributed by atoms with Crippen LogP contribution in [0.25, 0.3) is 0 Å². The lowest BCUT2D eigenvalue weighted by molar-refractivity contribution is 0.0693. The van der Waals surface area contributed by atoms with Gasteiger partial charge in [-0.15, -0.1) is 11.3 Å². The van der Waals surface area contributed by atoms with Crippen LogP contribution >= 0.6 is 11.3 Å². The zero-order chi connectivity index (χ0) is 11.6. The predicted molar refractivity (Wildman–Crippen MR) is 58.2 cm³/mol. The summed E-state index contributed by atoms with van der Waals surface area (Å²) in [5.74, 6) is -1.23. The summed E-state index contributed by atoms with van der Waals surface area (Å²) in [4.78, 5) is 10.8. The molecule has 4 nitrogen and oxygen atoms in total. The van der Waals surface area contributed by atoms with Crippen molar-refractivity contribution >= 4 is 27.1 Å². The number of sulfone groups is 1. The number of thiophene rings is 1. The number of hydrogen-bond acceptors (Lipinski definition) is 4. The molecule has 0 atom stereocenters. The predicted octanol–water partition coefficient (Wildman–Crippen LogP) is 1.88. The second kappa shape index (κ2) is 4.32. The molecule has 0 unspecified atom stereocenters. The van der Waals surface area contributed by atoms with Crippen molar-refractivity contribution in [1.29, 1.82) is 0 Å². The molecule has 0 spiro atoms. The maximum Gasteiger partial charge on any atom is 0.337 e. The fourth-order valence-electron chi connectivity index (χ4n) is 1.21. The highest BCUT2D eigenvalue weighted by Gasteiger charge is 2.24. The van der Waals surface area contributed by atoms with E-state index >= 15 is 0 Å². The van der Waals surface area contributed by atoms with E-state index in [0.29, 0.717) is 0 Å². The van der Waals surface area contributed by atoms with Crippen LogP contribution in [-0.2, 0) is 9.84 Å². The van der Waals surface area contributed by atoms with E-state index < -0.39 is 15.8 Å². The van der Waals surface area contributed by atoms with Crippen LogP contribution in [0.5, 0.6) is 0 Å². The van der Waals surface area contributed by atoms with Gasteiger partial charge in [-0.25, -0.2) is 13.2 Å². The molecule has 1 aromatic rings. The van der Waals surface area contributed by atoms with E-state index in [9.17, 15) is 13.2 Å². The fraction of sp³-hybridized carbons (Fsp3) is 0.444. The van der Waals surface area contributed by atoms with Crippen molar-refractivity contribution in [3.8, 4) is 0 Å². The van der Waals surface area contributed by atoms with Gasteiger partial charge in [0.05, 0.1) is 11.3 Å². The first-order valence-electron chi connectivity index (χ1n) is 4.38. The molecular weight excluding hydrogens is 236 g/mol. The first-order valence-corrected chi connectivity index (χ1v) is 6.91. The maximum absolute atomic E-state index is 11.8. The second-order valence-corrected chi connectivity index (χ2v) is 6.75. The lowest BCUT2D eigenvalue weighted by Crippen LogP contribution is -2.13. The average Bonchev–Trinajstić information content (AvgIpc) is 2.48. The third-order valence-corrected chi connectivity index (χ3v) is 5.34. The maximum atomic E-state index is 11.8. The van der Waals surface area contributed by atoms with Gasteiger partial charge in [-0.2, -0.15) is 0 Å². The summed E-state index contributed by atoms with van der Waals surface area (Å²) in [5.41, 5.74) is -0.124. The minimum atomic E-state index is -3.45. The van der Waals surface area contributed by atoms with Gasteiger partial charge in [-0.3, -0.25) is 0 Å². The van der Waals surface area contributed by atoms with Gasteiger partial charge in [0.15, 0.2) is 9.84 Å². The number of rotatable bonds is 4. The van der Waals surface area contributed by atoms with Gasteiger partial charge in [0.1, 0.15) is 4.21 Å². The van der Waals surface area contributed by atoms with Crippen molar-refractivity contribution in [2.24, 2.45) is 5.92 Å². The zero-order valence-corrected chi connectivity index (χ0v) is 10.1. The van der Waals surface area contributed by atoms with E-state index in [1.807, 2.05) is 0 Å². The molecule has 0 radical (unpaired) electrons. The van der Waals surface area contributed by atoms with Crippen molar-refractivity contribution in [1.82, 2.24) is 0 Å². The molecule has 0 aromatic carbocycles. The van der Waals surface area contributed by atoms with E-state index in [0.717, 1.165) is 11.3 Å². The first-order chi connectivity index (χ1) is 6.84. The minimum absolute atomic E-state index is 0.0151. The zero-order valence-electron chi connectivity index (χ0n) is 8.43. The molecule has 0 fully saturated rings. The molecule has 1 aromatic heterocycles. The van der Waals surface area contributed by atoms with Gasteiger partial charge in [-0.1, -0.05) is 13.8 Å². The Bertz CT molecular complexity index is 456. The lowest BCUT2D eigenvalue weighted by atomic mass is 10.3. The van der Waals surface area contributed by atoms with Crippen LogP contribution in [0.1, 0.15) is 24.2 Å². The number of carboxylic acids is 1. The summed E-state index contributed by atoms with van der Waals surface area (Å²) in [5, 5.41) is 10.3. The quantitative estimate of drug-likeness (QED) is 0.883. The average molecular weight is 248 g/mol. The molecule has 0 aliphatic carbocycles. The van der Waals surface area contributed by atoms with Gasteiger partial charge in [-0.05, 0) is 17.4 Å². The van der Waals surface area contributed by atoms with Crippen LogP contribution in [-0.4, -0.2) is 25.2 Å². The summed E-state index contributed by atoms with van der Waals surface area (Å²) in [6.45, 7) is 3.57. The number of carbonyl (C=O) groups is 1. The molecule has 1 rings (SSSR count). The Balaban J connectivity index is 3.16. The molecule has 1 N–H and O–H groups in total. The highest BCUT2D eigenvalue weighted by molar-refractivity contribution is 7.93. The molecular formula is C9H12O4S2. The Morgan fingerprint density at radius 1 is 1.53 bits per heavy atom. The number of carboxylic acid groups (broad SMARTS) is 1. The fourth-order valence-corrected chi connectivity index (χ4v) is 4.30. The molecule has 0 saturated heterocycles. The van der Waals surface area contributed by atoms with Crippen LogP contribution < -0.4 is 0 Å². The summed E-state index contributed by atoms with van der Waals surface area (Å²) < 4.78 is 23.5. The number of hydrogen-bond donors (Lipinski definition) is 1. The SMILES string of the molecule is CC(C)CS(=O)(=O)c1sccc1C(=O)O. The summed E-state index contributed by atoms with van der Waals surface area (Å²) in [6.07, 6.45) is 0. The molecule has 0 aliphatic heterocycles. The highest BCUT2D eigenvalue weighted by Crippen LogP contribution is 2.25. The highest BCUT2D eigenvalue weighted by atomic mass is 32.2. The van der Waals surface area contributed by atoms with E-state index in [1.165, 1.54) is 11.4 Å². The molecule has 0 aliphatic rings. The Labute approximate surface area is 92.5 Å². The smallest absolute Gasteiger partial charge is 0.337 e. The van der Waals surface area contributed by atoms with E-state index in [2.05, 4.69) is 0 Å². The summed E-state index contributed by atoms with van der Waals surface area (Å²) in [7, 11) is -3.45. The molecule has 1 heterocycles. The van der Waals surface area contributed by atoms with Crippen LogP contribution in [0, 0.1) is 5.92 Å². The Morgan fingerprint density at radius 2 is 2.13 bits per heavy atom. The molecule has 6 heteroatoms. The van der Waals surface area contributed by atoms with Crippen molar-refractivity contribution in [2.75, 3.05) is 5.75 Å². The molecule has 0 amide bonds. The Kier molecular flexibility index (Phi) is 3.51. The monoisotopic (exact) mass is 248 g/mol. The normalized spacial score (nSPS) is 11.9. The van der Waals surface area contributed by atoms with Crippen molar-refractivity contribution in [3.05, 3.63) is 17.0 Å². The molecule has 0 saturated carbocycles. The summed E-state index contributed by atoms with van der Waals surface area (Å²) >= 11 is 0.958. The third-order valence-electron chi connectivity index (χ3n) is 1.70. The van der Waals surface area contributed by atoms with Gasteiger partial charge >= 0.3 is 5.97 Å².